The fourth-order valence-corrected chi connectivity index (χ4v) is 1.78. The summed E-state index contributed by atoms with van der Waals surface area (Å²) >= 11 is 0. The van der Waals surface area contributed by atoms with Crippen molar-refractivity contribution < 1.29 is 9.84 Å². The maximum absolute atomic E-state index is 9.64. The van der Waals surface area contributed by atoms with Gasteiger partial charge in [-0.05, 0) is 56.7 Å². The highest BCUT2D eigenvalue weighted by Crippen LogP contribution is 2.22. The van der Waals surface area contributed by atoms with E-state index in [2.05, 4.69) is 5.32 Å². The van der Waals surface area contributed by atoms with Gasteiger partial charge in [-0.2, -0.15) is 0 Å². The molecule has 2 aromatic carbocycles. The van der Waals surface area contributed by atoms with Gasteiger partial charge in [-0.3, -0.25) is 0 Å². The molecule has 2 rings (SSSR count). The zero-order valence-corrected chi connectivity index (χ0v) is 12.0. The molecule has 0 heterocycles. The van der Waals surface area contributed by atoms with Crippen molar-refractivity contribution >= 4 is 5.69 Å². The van der Waals surface area contributed by atoms with Crippen molar-refractivity contribution in [3.8, 4) is 11.5 Å². The fourth-order valence-electron chi connectivity index (χ4n) is 1.78. The molecule has 0 radical (unpaired) electrons. The highest BCUT2D eigenvalue weighted by Gasteiger charge is 2.11. The van der Waals surface area contributed by atoms with Crippen LogP contribution in [0.4, 0.5) is 5.69 Å². The highest BCUT2D eigenvalue weighted by molar-refractivity contribution is 5.47. The Morgan fingerprint density at radius 1 is 0.950 bits per heavy atom. The number of benzene rings is 2. The van der Waals surface area contributed by atoms with Gasteiger partial charge >= 0.3 is 0 Å². The average Bonchev–Trinajstić information content (AvgIpc) is 2.41. The van der Waals surface area contributed by atoms with Crippen LogP contribution in [0, 0.1) is 0 Å². The number of rotatable bonds is 6. The molecule has 0 saturated carbocycles. The number of ether oxygens (including phenoxy) is 1. The summed E-state index contributed by atoms with van der Waals surface area (Å²) in [5.74, 6) is 1.64. The van der Waals surface area contributed by atoms with E-state index in [0.717, 1.165) is 23.7 Å². The van der Waals surface area contributed by atoms with Crippen molar-refractivity contribution in [2.45, 2.75) is 25.9 Å². The Bertz CT molecular complexity index is 515. The molecule has 2 aromatic rings. The van der Waals surface area contributed by atoms with Crippen LogP contribution >= 0.6 is 0 Å². The van der Waals surface area contributed by atoms with Crippen LogP contribution in [-0.2, 0) is 0 Å². The van der Waals surface area contributed by atoms with Gasteiger partial charge in [0.2, 0.25) is 0 Å². The molecular weight excluding hydrogens is 250 g/mol. The number of hydrogen-bond acceptors (Lipinski definition) is 3. The summed E-state index contributed by atoms with van der Waals surface area (Å²) in [6.45, 7) is 4.36. The molecule has 3 nitrogen and oxygen atoms in total. The van der Waals surface area contributed by atoms with Crippen molar-refractivity contribution in [1.82, 2.24) is 0 Å². The van der Waals surface area contributed by atoms with Gasteiger partial charge in [0.1, 0.15) is 11.5 Å². The molecule has 0 aliphatic heterocycles. The first-order valence-electron chi connectivity index (χ1n) is 6.82. The summed E-state index contributed by atoms with van der Waals surface area (Å²) < 4.78 is 5.72. The lowest BCUT2D eigenvalue weighted by atomic mass is 10.1. The SMILES string of the molecule is CC(C)(O)CCNc1ccc(Oc2ccccc2)cc1. The van der Waals surface area contributed by atoms with Crippen molar-refractivity contribution in [2.24, 2.45) is 0 Å². The maximum atomic E-state index is 9.64. The lowest BCUT2D eigenvalue weighted by Gasteiger charge is -2.17. The Balaban J connectivity index is 1.87. The first kappa shape index (κ1) is 14.4. The first-order chi connectivity index (χ1) is 9.53. The minimum absolute atomic E-state index is 0.636. The molecule has 0 fully saturated rings. The monoisotopic (exact) mass is 271 g/mol. The van der Waals surface area contributed by atoms with Crippen molar-refractivity contribution in [1.29, 1.82) is 0 Å². The third-order valence-corrected chi connectivity index (χ3v) is 2.90. The van der Waals surface area contributed by atoms with Gasteiger partial charge in [-0.25, -0.2) is 0 Å². The second kappa shape index (κ2) is 6.44. The van der Waals surface area contributed by atoms with Gasteiger partial charge in [0.15, 0.2) is 0 Å². The van der Waals surface area contributed by atoms with E-state index in [4.69, 9.17) is 4.74 Å². The van der Waals surface area contributed by atoms with Crippen LogP contribution in [0.2, 0.25) is 0 Å². The minimum atomic E-state index is -0.636. The summed E-state index contributed by atoms with van der Waals surface area (Å²) in [5, 5.41) is 12.9. The van der Waals surface area contributed by atoms with Gasteiger partial charge in [-0.1, -0.05) is 18.2 Å². The summed E-state index contributed by atoms with van der Waals surface area (Å²) in [7, 11) is 0. The molecule has 0 amide bonds. The van der Waals surface area contributed by atoms with E-state index < -0.39 is 5.60 Å². The zero-order valence-electron chi connectivity index (χ0n) is 12.0. The summed E-state index contributed by atoms with van der Waals surface area (Å²) in [4.78, 5) is 0. The number of hydrogen-bond donors (Lipinski definition) is 2. The Labute approximate surface area is 120 Å². The van der Waals surface area contributed by atoms with Crippen LogP contribution < -0.4 is 10.1 Å². The Morgan fingerprint density at radius 2 is 1.55 bits per heavy atom. The standard InChI is InChI=1S/C17H21NO2/c1-17(2,19)12-13-18-14-8-10-16(11-9-14)20-15-6-4-3-5-7-15/h3-11,18-19H,12-13H2,1-2H3. The Morgan fingerprint density at radius 3 is 2.15 bits per heavy atom. The minimum Gasteiger partial charge on any atom is -0.457 e. The van der Waals surface area contributed by atoms with Crippen LogP contribution in [0.5, 0.6) is 11.5 Å². The van der Waals surface area contributed by atoms with Gasteiger partial charge in [-0.15, -0.1) is 0 Å². The molecular formula is C17H21NO2. The first-order valence-corrected chi connectivity index (χ1v) is 6.82. The number of anilines is 1. The van der Waals surface area contributed by atoms with E-state index in [9.17, 15) is 5.11 Å². The molecule has 0 spiro atoms. The lowest BCUT2D eigenvalue weighted by Crippen LogP contribution is -2.22. The van der Waals surface area contributed by atoms with Crippen molar-refractivity contribution in [3.63, 3.8) is 0 Å². The number of nitrogens with one attached hydrogen (secondary N) is 1. The van der Waals surface area contributed by atoms with Gasteiger partial charge in [0.25, 0.3) is 0 Å². The van der Waals surface area contributed by atoms with Crippen LogP contribution in [0.3, 0.4) is 0 Å². The van der Waals surface area contributed by atoms with Crippen molar-refractivity contribution in [3.05, 3.63) is 54.6 Å². The molecule has 0 unspecified atom stereocenters. The molecule has 0 saturated heterocycles. The van der Waals surface area contributed by atoms with E-state index in [1.54, 1.807) is 0 Å². The molecule has 20 heavy (non-hydrogen) atoms. The van der Waals surface area contributed by atoms with Crippen LogP contribution in [-0.4, -0.2) is 17.3 Å². The second-order valence-electron chi connectivity index (χ2n) is 5.43. The lowest BCUT2D eigenvalue weighted by molar-refractivity contribution is 0.0749. The second-order valence-corrected chi connectivity index (χ2v) is 5.43. The smallest absolute Gasteiger partial charge is 0.127 e. The van der Waals surface area contributed by atoms with Crippen LogP contribution in [0.15, 0.2) is 54.6 Å². The third-order valence-electron chi connectivity index (χ3n) is 2.90. The zero-order chi connectivity index (χ0) is 14.4. The van der Waals surface area contributed by atoms with E-state index in [1.165, 1.54) is 0 Å². The van der Waals surface area contributed by atoms with Crippen molar-refractivity contribution in [2.75, 3.05) is 11.9 Å². The number of para-hydroxylation sites is 1. The summed E-state index contributed by atoms with van der Waals surface area (Å²) in [5.41, 5.74) is 0.387. The highest BCUT2D eigenvalue weighted by atomic mass is 16.5. The molecule has 106 valence electrons. The number of aliphatic hydroxyl groups is 1. The van der Waals surface area contributed by atoms with Gasteiger partial charge in [0.05, 0.1) is 5.60 Å². The fraction of sp³-hybridized carbons (Fsp3) is 0.294. The topological polar surface area (TPSA) is 41.5 Å². The quantitative estimate of drug-likeness (QED) is 0.832. The largest absolute Gasteiger partial charge is 0.457 e. The molecule has 0 bridgehead atoms. The predicted octanol–water partition coefficient (Wildman–Crippen LogP) is 4.05. The Kier molecular flexibility index (Phi) is 4.64. The third kappa shape index (κ3) is 4.94. The molecule has 0 aromatic heterocycles. The molecule has 2 N–H and O–H groups in total. The molecule has 0 aliphatic rings. The van der Waals surface area contributed by atoms with E-state index >= 15 is 0 Å². The van der Waals surface area contributed by atoms with E-state index in [0.29, 0.717) is 6.42 Å². The molecule has 0 aliphatic carbocycles. The summed E-state index contributed by atoms with van der Waals surface area (Å²) in [6.07, 6.45) is 0.704. The van der Waals surface area contributed by atoms with Gasteiger partial charge in [0, 0.05) is 12.2 Å². The summed E-state index contributed by atoms with van der Waals surface area (Å²) in [6, 6.07) is 17.5. The van der Waals surface area contributed by atoms with E-state index in [1.807, 2.05) is 68.4 Å². The maximum Gasteiger partial charge on any atom is 0.127 e. The van der Waals surface area contributed by atoms with E-state index in [-0.39, 0.29) is 0 Å². The average molecular weight is 271 g/mol. The molecule has 0 atom stereocenters. The Hall–Kier alpha value is -2.00. The van der Waals surface area contributed by atoms with Crippen LogP contribution in [0.25, 0.3) is 0 Å². The normalized spacial score (nSPS) is 11.2. The predicted molar refractivity (Wildman–Crippen MR) is 82.4 cm³/mol. The van der Waals surface area contributed by atoms with Crippen LogP contribution in [0.1, 0.15) is 20.3 Å². The van der Waals surface area contributed by atoms with Gasteiger partial charge < -0.3 is 15.2 Å². The molecule has 3 heteroatoms.